The van der Waals surface area contributed by atoms with Gasteiger partial charge in [0, 0.05) is 25.9 Å². The molecule has 2 nitrogen and oxygen atoms in total. The second kappa shape index (κ2) is 7.44. The fourth-order valence-corrected chi connectivity index (χ4v) is 1.39. The Balaban J connectivity index is 3.57. The van der Waals surface area contributed by atoms with Crippen LogP contribution in [0.3, 0.4) is 0 Å². The monoisotopic (exact) mass is 220 g/mol. The molecule has 0 heterocycles. The van der Waals surface area contributed by atoms with E-state index in [-0.39, 0.29) is 0 Å². The van der Waals surface area contributed by atoms with E-state index in [4.69, 9.17) is 12.2 Å². The molecule has 0 atom stereocenters. The van der Waals surface area contributed by atoms with Crippen LogP contribution in [0.25, 0.3) is 0 Å². The zero-order chi connectivity index (χ0) is 10.3. The Bertz CT molecular complexity index is 149. The SMILES string of the molecule is CSCCN(C)C(=S)NCC(C)C. The van der Waals surface area contributed by atoms with Gasteiger partial charge in [-0.15, -0.1) is 0 Å². The third kappa shape index (κ3) is 7.14. The van der Waals surface area contributed by atoms with Gasteiger partial charge in [-0.3, -0.25) is 0 Å². The highest BCUT2D eigenvalue weighted by Gasteiger charge is 2.02. The summed E-state index contributed by atoms with van der Waals surface area (Å²) in [5, 5.41) is 4.10. The number of thioether (sulfide) groups is 1. The first kappa shape index (κ1) is 13.0. The van der Waals surface area contributed by atoms with Gasteiger partial charge in [0.2, 0.25) is 0 Å². The number of thiocarbonyl (C=S) groups is 1. The number of nitrogens with one attached hydrogen (secondary N) is 1. The minimum absolute atomic E-state index is 0.645. The molecular weight excluding hydrogens is 200 g/mol. The molecule has 0 amide bonds. The zero-order valence-electron chi connectivity index (χ0n) is 8.96. The largest absolute Gasteiger partial charge is 0.362 e. The summed E-state index contributed by atoms with van der Waals surface area (Å²) >= 11 is 7.06. The Labute approximate surface area is 91.5 Å². The molecule has 0 unspecified atom stereocenters. The highest BCUT2D eigenvalue weighted by molar-refractivity contribution is 7.98. The molecule has 0 aromatic rings. The average Bonchev–Trinajstić information content (AvgIpc) is 2.10. The van der Waals surface area contributed by atoms with Crippen molar-refractivity contribution in [1.82, 2.24) is 10.2 Å². The molecule has 1 N–H and O–H groups in total. The Morgan fingerprint density at radius 2 is 2.15 bits per heavy atom. The van der Waals surface area contributed by atoms with Gasteiger partial charge in [-0.1, -0.05) is 13.8 Å². The summed E-state index contributed by atoms with van der Waals surface area (Å²) in [5.41, 5.74) is 0. The summed E-state index contributed by atoms with van der Waals surface area (Å²) < 4.78 is 0. The lowest BCUT2D eigenvalue weighted by molar-refractivity contribution is 0.512. The van der Waals surface area contributed by atoms with Crippen LogP contribution in [-0.2, 0) is 0 Å². The van der Waals surface area contributed by atoms with Gasteiger partial charge in [0.15, 0.2) is 5.11 Å². The van der Waals surface area contributed by atoms with E-state index in [2.05, 4.69) is 30.3 Å². The Hall–Kier alpha value is 0.0400. The minimum atomic E-state index is 0.645. The van der Waals surface area contributed by atoms with Crippen LogP contribution in [0.1, 0.15) is 13.8 Å². The fraction of sp³-hybridized carbons (Fsp3) is 0.889. The van der Waals surface area contributed by atoms with Gasteiger partial charge in [0.25, 0.3) is 0 Å². The summed E-state index contributed by atoms with van der Waals surface area (Å²) in [6.07, 6.45) is 2.11. The normalized spacial score (nSPS) is 10.2. The first-order valence-electron chi connectivity index (χ1n) is 4.55. The average molecular weight is 220 g/mol. The number of hydrogen-bond acceptors (Lipinski definition) is 2. The van der Waals surface area contributed by atoms with Gasteiger partial charge in [-0.25, -0.2) is 0 Å². The van der Waals surface area contributed by atoms with Crippen molar-refractivity contribution in [2.24, 2.45) is 5.92 Å². The Morgan fingerprint density at radius 1 is 1.54 bits per heavy atom. The van der Waals surface area contributed by atoms with Crippen LogP contribution in [0.15, 0.2) is 0 Å². The van der Waals surface area contributed by atoms with Crippen molar-refractivity contribution < 1.29 is 0 Å². The first-order valence-corrected chi connectivity index (χ1v) is 6.36. The molecular formula is C9H20N2S2. The molecule has 0 aliphatic carbocycles. The second-order valence-electron chi connectivity index (χ2n) is 3.49. The molecule has 78 valence electrons. The first-order chi connectivity index (χ1) is 6.07. The van der Waals surface area contributed by atoms with Gasteiger partial charge in [0.05, 0.1) is 0 Å². The molecule has 0 aromatic heterocycles. The zero-order valence-corrected chi connectivity index (χ0v) is 10.6. The Morgan fingerprint density at radius 3 is 2.62 bits per heavy atom. The maximum absolute atomic E-state index is 5.21. The van der Waals surface area contributed by atoms with Gasteiger partial charge in [-0.05, 0) is 24.4 Å². The summed E-state index contributed by atoms with van der Waals surface area (Å²) in [5.74, 6) is 1.77. The predicted molar refractivity (Wildman–Crippen MR) is 66.5 cm³/mol. The van der Waals surface area contributed by atoms with Crippen molar-refractivity contribution in [3.63, 3.8) is 0 Å². The molecule has 0 aliphatic rings. The van der Waals surface area contributed by atoms with E-state index in [1.165, 1.54) is 0 Å². The van der Waals surface area contributed by atoms with E-state index in [1.54, 1.807) is 0 Å². The molecule has 0 aromatic carbocycles. The maximum Gasteiger partial charge on any atom is 0.168 e. The third-order valence-corrected chi connectivity index (χ3v) is 2.69. The highest BCUT2D eigenvalue weighted by Crippen LogP contribution is 1.95. The maximum atomic E-state index is 5.21. The number of hydrogen-bond donors (Lipinski definition) is 1. The van der Waals surface area contributed by atoms with Crippen molar-refractivity contribution in [3.05, 3.63) is 0 Å². The van der Waals surface area contributed by atoms with Gasteiger partial charge in [0.1, 0.15) is 0 Å². The molecule has 0 rings (SSSR count). The van der Waals surface area contributed by atoms with Crippen LogP contribution < -0.4 is 5.32 Å². The summed E-state index contributed by atoms with van der Waals surface area (Å²) in [6, 6.07) is 0. The number of nitrogens with zero attached hydrogens (tertiary/aromatic N) is 1. The van der Waals surface area contributed by atoms with E-state index >= 15 is 0 Å². The lowest BCUT2D eigenvalue weighted by atomic mass is 10.2. The third-order valence-electron chi connectivity index (χ3n) is 1.64. The van der Waals surface area contributed by atoms with Crippen LogP contribution in [0, 0.1) is 5.92 Å². The molecule has 0 spiro atoms. The highest BCUT2D eigenvalue weighted by atomic mass is 32.2. The van der Waals surface area contributed by atoms with Crippen LogP contribution in [-0.4, -0.2) is 42.2 Å². The van der Waals surface area contributed by atoms with Gasteiger partial charge < -0.3 is 10.2 Å². The lowest BCUT2D eigenvalue weighted by Crippen LogP contribution is -2.39. The van der Waals surface area contributed by atoms with Crippen molar-refractivity contribution in [3.8, 4) is 0 Å². The molecule has 0 aliphatic heterocycles. The smallest absolute Gasteiger partial charge is 0.168 e. The van der Waals surface area contributed by atoms with Crippen LogP contribution in [0.5, 0.6) is 0 Å². The molecule has 0 bridgehead atoms. The molecule has 0 radical (unpaired) electrons. The molecule has 13 heavy (non-hydrogen) atoms. The summed E-state index contributed by atoms with van der Waals surface area (Å²) in [6.45, 7) is 6.34. The quantitative estimate of drug-likeness (QED) is 0.711. The van der Waals surface area contributed by atoms with E-state index in [0.717, 1.165) is 24.0 Å². The molecule has 0 saturated heterocycles. The van der Waals surface area contributed by atoms with Crippen molar-refractivity contribution in [1.29, 1.82) is 0 Å². The van der Waals surface area contributed by atoms with Crippen molar-refractivity contribution in [2.75, 3.05) is 32.1 Å². The Kier molecular flexibility index (Phi) is 7.47. The van der Waals surface area contributed by atoms with Crippen molar-refractivity contribution >= 4 is 29.1 Å². The second-order valence-corrected chi connectivity index (χ2v) is 4.87. The van der Waals surface area contributed by atoms with Crippen LogP contribution in [0.4, 0.5) is 0 Å². The molecule has 4 heteroatoms. The minimum Gasteiger partial charge on any atom is -0.362 e. The topological polar surface area (TPSA) is 15.3 Å². The molecule has 0 fully saturated rings. The fourth-order valence-electron chi connectivity index (χ4n) is 0.756. The summed E-state index contributed by atoms with van der Waals surface area (Å²) in [7, 11) is 2.03. The standard InChI is InChI=1S/C9H20N2S2/c1-8(2)7-10-9(12)11(3)5-6-13-4/h8H,5-7H2,1-4H3,(H,10,12). The van der Waals surface area contributed by atoms with Gasteiger partial charge in [-0.2, -0.15) is 11.8 Å². The lowest BCUT2D eigenvalue weighted by Gasteiger charge is -2.21. The van der Waals surface area contributed by atoms with Crippen molar-refractivity contribution in [2.45, 2.75) is 13.8 Å². The van der Waals surface area contributed by atoms with E-state index in [9.17, 15) is 0 Å². The number of rotatable bonds is 5. The van der Waals surface area contributed by atoms with E-state index in [1.807, 2.05) is 18.8 Å². The van der Waals surface area contributed by atoms with Gasteiger partial charge >= 0.3 is 0 Å². The summed E-state index contributed by atoms with van der Waals surface area (Å²) in [4.78, 5) is 2.09. The van der Waals surface area contributed by atoms with Crippen LogP contribution >= 0.6 is 24.0 Å². The van der Waals surface area contributed by atoms with E-state index in [0.29, 0.717) is 5.92 Å². The van der Waals surface area contributed by atoms with Crippen LogP contribution in [0.2, 0.25) is 0 Å². The predicted octanol–water partition coefficient (Wildman–Crippen LogP) is 1.81. The molecule has 0 saturated carbocycles. The van der Waals surface area contributed by atoms with E-state index < -0.39 is 0 Å².